The van der Waals surface area contributed by atoms with Crippen LogP contribution in [0.15, 0.2) is 24.3 Å². The average molecular weight is 492 g/mol. The van der Waals surface area contributed by atoms with Gasteiger partial charge in [0.2, 0.25) is 11.8 Å². The van der Waals surface area contributed by atoms with Gasteiger partial charge >= 0.3 is 6.09 Å². The van der Waals surface area contributed by atoms with Crippen molar-refractivity contribution in [3.05, 3.63) is 34.9 Å². The molecule has 2 aliphatic heterocycles. The van der Waals surface area contributed by atoms with E-state index in [0.29, 0.717) is 50.6 Å². The fourth-order valence-electron chi connectivity index (χ4n) is 5.65. The monoisotopic (exact) mass is 491 g/mol. The van der Waals surface area contributed by atoms with E-state index >= 15 is 0 Å². The largest absolute Gasteiger partial charge is 0.465 e. The number of rotatable bonds is 6. The Balaban J connectivity index is 1.39. The normalized spacial score (nSPS) is 27.4. The molecule has 2 heterocycles. The molecule has 2 atom stereocenters. The third-order valence-electron chi connectivity index (χ3n) is 7.82. The van der Waals surface area contributed by atoms with Crippen LogP contribution in [0.4, 0.5) is 4.79 Å². The number of methoxy groups -OCH3 is 1. The number of carbonyl (C=O) groups is 3. The van der Waals surface area contributed by atoms with Gasteiger partial charge in [0.1, 0.15) is 0 Å². The topological polar surface area (TPSA) is 90.4 Å². The number of carbonyl (C=O) groups excluding carboxylic acids is 2. The highest BCUT2D eigenvalue weighted by molar-refractivity contribution is 6.30. The third kappa shape index (κ3) is 5.03. The quantitative estimate of drug-likeness (QED) is 0.659. The van der Waals surface area contributed by atoms with Gasteiger partial charge < -0.3 is 24.5 Å². The van der Waals surface area contributed by atoms with Crippen LogP contribution in [0.3, 0.4) is 0 Å². The molecule has 1 N–H and O–H groups in total. The van der Waals surface area contributed by atoms with E-state index in [4.69, 9.17) is 16.3 Å². The molecule has 3 aliphatic rings. The molecule has 0 aromatic heterocycles. The van der Waals surface area contributed by atoms with E-state index in [-0.39, 0.29) is 41.7 Å². The summed E-state index contributed by atoms with van der Waals surface area (Å²) in [5.74, 6) is 0.0575. The molecule has 1 saturated carbocycles. The van der Waals surface area contributed by atoms with Gasteiger partial charge in [0.25, 0.3) is 0 Å². The predicted octanol–water partition coefficient (Wildman–Crippen LogP) is 3.30. The molecule has 1 aliphatic carbocycles. The molecule has 9 heteroatoms. The molecule has 2 saturated heterocycles. The molecule has 3 fully saturated rings. The number of hydrogen-bond acceptors (Lipinski definition) is 4. The van der Waals surface area contributed by atoms with E-state index in [1.807, 2.05) is 28.9 Å². The molecule has 1 aromatic carbocycles. The van der Waals surface area contributed by atoms with Crippen molar-refractivity contribution in [2.45, 2.75) is 50.7 Å². The first-order valence-corrected chi connectivity index (χ1v) is 12.6. The lowest BCUT2D eigenvalue weighted by molar-refractivity contribution is -0.147. The minimum Gasteiger partial charge on any atom is -0.465 e. The lowest BCUT2D eigenvalue weighted by Crippen LogP contribution is -2.49. The minimum atomic E-state index is -0.973. The number of amides is 3. The molecule has 34 heavy (non-hydrogen) atoms. The summed E-state index contributed by atoms with van der Waals surface area (Å²) in [6.45, 7) is 4.23. The first-order chi connectivity index (χ1) is 16.3. The molecule has 0 spiro atoms. The summed E-state index contributed by atoms with van der Waals surface area (Å²) in [5.41, 5.74) is 0.986. The highest BCUT2D eigenvalue weighted by Crippen LogP contribution is 2.35. The lowest BCUT2D eigenvalue weighted by Gasteiger charge is -2.39. The number of carboxylic acid groups (broad SMARTS) is 1. The van der Waals surface area contributed by atoms with Crippen molar-refractivity contribution in [2.75, 3.05) is 39.8 Å². The number of hydrogen-bond donors (Lipinski definition) is 1. The van der Waals surface area contributed by atoms with Gasteiger partial charge in [-0.15, -0.1) is 0 Å². The third-order valence-corrected chi connectivity index (χ3v) is 8.07. The second kappa shape index (κ2) is 10.5. The molecule has 8 nitrogen and oxygen atoms in total. The summed E-state index contributed by atoms with van der Waals surface area (Å²) >= 11 is 6.05. The van der Waals surface area contributed by atoms with Crippen LogP contribution in [0.1, 0.15) is 44.1 Å². The molecule has 186 valence electrons. The van der Waals surface area contributed by atoms with Gasteiger partial charge in [0.15, 0.2) is 0 Å². The first-order valence-electron chi connectivity index (χ1n) is 12.2. The summed E-state index contributed by atoms with van der Waals surface area (Å²) in [4.78, 5) is 43.2. The lowest BCUT2D eigenvalue weighted by atomic mass is 9.80. The number of piperidine rings is 1. The SMILES string of the molecule is CCN(C(=O)O)[C@@H]1CN(C(=O)C2CCN(C(=O)C3CC(OC)C3)CC2)C[C@H]1c1ccc(Cl)cc1. The van der Waals surface area contributed by atoms with Crippen LogP contribution in [0, 0.1) is 11.8 Å². The average Bonchev–Trinajstić information content (AvgIpc) is 3.23. The molecule has 0 bridgehead atoms. The van der Waals surface area contributed by atoms with Crippen molar-refractivity contribution in [1.29, 1.82) is 0 Å². The molecular formula is C25H34ClN3O5. The fraction of sp³-hybridized carbons (Fsp3) is 0.640. The number of benzene rings is 1. The van der Waals surface area contributed by atoms with Gasteiger partial charge in [0.05, 0.1) is 12.1 Å². The van der Waals surface area contributed by atoms with E-state index in [1.165, 1.54) is 4.90 Å². The maximum absolute atomic E-state index is 13.4. The second-order valence-corrected chi connectivity index (χ2v) is 10.1. The Labute approximate surface area is 205 Å². The summed E-state index contributed by atoms with van der Waals surface area (Å²) < 4.78 is 5.29. The minimum absolute atomic E-state index is 0.0488. The van der Waals surface area contributed by atoms with Crippen molar-refractivity contribution in [2.24, 2.45) is 11.8 Å². The smallest absolute Gasteiger partial charge is 0.407 e. The number of halogens is 1. The van der Waals surface area contributed by atoms with E-state index < -0.39 is 6.09 Å². The molecule has 1 aromatic rings. The van der Waals surface area contributed by atoms with Crippen LogP contribution >= 0.6 is 11.6 Å². The Morgan fingerprint density at radius 3 is 2.21 bits per heavy atom. The van der Waals surface area contributed by atoms with Crippen LogP contribution in [-0.4, -0.2) is 89.7 Å². The van der Waals surface area contributed by atoms with Crippen LogP contribution in [0.5, 0.6) is 0 Å². The number of nitrogens with zero attached hydrogens (tertiary/aromatic N) is 3. The second-order valence-electron chi connectivity index (χ2n) is 9.66. The fourth-order valence-corrected chi connectivity index (χ4v) is 5.78. The number of likely N-dealkylation sites (tertiary alicyclic amines) is 2. The van der Waals surface area contributed by atoms with Crippen molar-refractivity contribution in [1.82, 2.24) is 14.7 Å². The predicted molar refractivity (Wildman–Crippen MR) is 128 cm³/mol. The zero-order chi connectivity index (χ0) is 24.4. The molecular weight excluding hydrogens is 458 g/mol. The van der Waals surface area contributed by atoms with Crippen LogP contribution < -0.4 is 0 Å². The van der Waals surface area contributed by atoms with E-state index in [2.05, 4.69) is 0 Å². The summed E-state index contributed by atoms with van der Waals surface area (Å²) in [5, 5.41) is 10.4. The van der Waals surface area contributed by atoms with Gasteiger partial charge in [-0.2, -0.15) is 0 Å². The van der Waals surface area contributed by atoms with Crippen molar-refractivity contribution >= 4 is 29.5 Å². The Morgan fingerprint density at radius 1 is 1.03 bits per heavy atom. The van der Waals surface area contributed by atoms with Gasteiger partial charge in [-0.05, 0) is 50.3 Å². The Morgan fingerprint density at radius 2 is 1.65 bits per heavy atom. The maximum Gasteiger partial charge on any atom is 0.407 e. The number of likely N-dealkylation sites (N-methyl/N-ethyl adjacent to an activating group) is 1. The van der Waals surface area contributed by atoms with Gasteiger partial charge in [0, 0.05) is 62.6 Å². The zero-order valence-corrected chi connectivity index (χ0v) is 20.6. The van der Waals surface area contributed by atoms with Crippen molar-refractivity contribution in [3.8, 4) is 0 Å². The van der Waals surface area contributed by atoms with E-state index in [9.17, 15) is 19.5 Å². The van der Waals surface area contributed by atoms with Crippen molar-refractivity contribution in [3.63, 3.8) is 0 Å². The summed E-state index contributed by atoms with van der Waals surface area (Å²) in [6.07, 6.45) is 2.08. The molecule has 3 amide bonds. The van der Waals surface area contributed by atoms with E-state index in [1.54, 1.807) is 19.2 Å². The van der Waals surface area contributed by atoms with Crippen LogP contribution in [0.25, 0.3) is 0 Å². The summed E-state index contributed by atoms with van der Waals surface area (Å²) in [7, 11) is 1.68. The first kappa shape index (κ1) is 24.8. The van der Waals surface area contributed by atoms with E-state index in [0.717, 1.165) is 18.4 Å². The standard InChI is InChI=1S/C25H34ClN3O5/c1-3-29(25(32)33)22-15-28(14-21(22)16-4-6-19(26)7-5-16)23(30)17-8-10-27(11-9-17)24(31)18-12-20(13-18)34-2/h4-7,17-18,20-22H,3,8-15H2,1-2H3,(H,32,33)/t18?,20?,21-,22+/m0/s1. The van der Waals surface area contributed by atoms with Crippen LogP contribution in [-0.2, 0) is 14.3 Å². The Hall–Kier alpha value is -2.32. The zero-order valence-electron chi connectivity index (χ0n) is 19.9. The Kier molecular flexibility index (Phi) is 7.67. The summed E-state index contributed by atoms with van der Waals surface area (Å²) in [6, 6.07) is 7.14. The molecule has 4 rings (SSSR count). The highest BCUT2D eigenvalue weighted by Gasteiger charge is 2.43. The Bertz CT molecular complexity index is 896. The van der Waals surface area contributed by atoms with Crippen molar-refractivity contribution < 1.29 is 24.2 Å². The van der Waals surface area contributed by atoms with Crippen LogP contribution in [0.2, 0.25) is 5.02 Å². The molecule has 0 radical (unpaired) electrons. The van der Waals surface area contributed by atoms with Gasteiger partial charge in [-0.3, -0.25) is 9.59 Å². The molecule has 0 unspecified atom stereocenters. The van der Waals surface area contributed by atoms with Gasteiger partial charge in [-0.1, -0.05) is 23.7 Å². The maximum atomic E-state index is 13.4. The van der Waals surface area contributed by atoms with Gasteiger partial charge in [-0.25, -0.2) is 4.79 Å². The number of ether oxygens (including phenoxy) is 1. The highest BCUT2D eigenvalue weighted by atomic mass is 35.5.